The molecule has 0 atom stereocenters. The van der Waals surface area contributed by atoms with Crippen molar-refractivity contribution < 1.29 is 0 Å². The van der Waals surface area contributed by atoms with Gasteiger partial charge < -0.3 is 4.98 Å². The molecular formula is C9H12N4. The Bertz CT molecular complexity index is 430. The highest BCUT2D eigenvalue weighted by molar-refractivity contribution is 5.73. The van der Waals surface area contributed by atoms with Crippen molar-refractivity contribution in [3.05, 3.63) is 17.8 Å². The van der Waals surface area contributed by atoms with Gasteiger partial charge in [-0.15, -0.1) is 0 Å². The molecule has 2 aromatic rings. The highest BCUT2D eigenvalue weighted by Gasteiger charge is 2.09. The third-order valence-electron chi connectivity index (χ3n) is 1.98. The van der Waals surface area contributed by atoms with Crippen LogP contribution in [0.3, 0.4) is 0 Å². The molecular weight excluding hydrogens is 164 g/mol. The number of nitrogens with one attached hydrogen (secondary N) is 1. The van der Waals surface area contributed by atoms with Crippen LogP contribution in [0.4, 0.5) is 0 Å². The van der Waals surface area contributed by atoms with Crippen LogP contribution in [0.15, 0.2) is 6.33 Å². The van der Waals surface area contributed by atoms with E-state index >= 15 is 0 Å². The lowest BCUT2D eigenvalue weighted by Crippen LogP contribution is -1.94. The monoisotopic (exact) mass is 176 g/mol. The Morgan fingerprint density at radius 1 is 1.31 bits per heavy atom. The first-order valence-electron chi connectivity index (χ1n) is 4.35. The average Bonchev–Trinajstić information content (AvgIpc) is 2.43. The first kappa shape index (κ1) is 8.16. The third kappa shape index (κ3) is 1.28. The standard InChI is InChI=1S/C9H12N4/c1-5(2)7-8-9(11-4-10-7)13-6(3)12-8/h4-5H,1-3H3,(H,10,11,12,13). The van der Waals surface area contributed by atoms with E-state index in [0.29, 0.717) is 5.92 Å². The van der Waals surface area contributed by atoms with Crippen LogP contribution in [0.1, 0.15) is 31.3 Å². The molecule has 68 valence electrons. The van der Waals surface area contributed by atoms with E-state index in [9.17, 15) is 0 Å². The van der Waals surface area contributed by atoms with Gasteiger partial charge in [0.2, 0.25) is 0 Å². The molecule has 0 spiro atoms. The Morgan fingerprint density at radius 3 is 2.77 bits per heavy atom. The topological polar surface area (TPSA) is 54.5 Å². The highest BCUT2D eigenvalue weighted by atomic mass is 15.0. The van der Waals surface area contributed by atoms with Crippen LogP contribution in [-0.4, -0.2) is 19.9 Å². The maximum Gasteiger partial charge on any atom is 0.181 e. The van der Waals surface area contributed by atoms with Gasteiger partial charge in [0.25, 0.3) is 0 Å². The van der Waals surface area contributed by atoms with Crippen LogP contribution in [0.25, 0.3) is 11.2 Å². The number of aromatic nitrogens is 4. The second-order valence-electron chi connectivity index (χ2n) is 3.43. The number of aromatic amines is 1. The Labute approximate surface area is 76.4 Å². The minimum absolute atomic E-state index is 0.394. The van der Waals surface area contributed by atoms with Crippen LogP contribution in [0.2, 0.25) is 0 Å². The van der Waals surface area contributed by atoms with Crippen LogP contribution < -0.4 is 0 Å². The zero-order chi connectivity index (χ0) is 9.42. The fraction of sp³-hybridized carbons (Fsp3) is 0.444. The molecule has 0 aromatic carbocycles. The van der Waals surface area contributed by atoms with Gasteiger partial charge in [-0.3, -0.25) is 0 Å². The highest BCUT2D eigenvalue weighted by Crippen LogP contribution is 2.18. The van der Waals surface area contributed by atoms with E-state index < -0.39 is 0 Å². The van der Waals surface area contributed by atoms with Crippen molar-refractivity contribution >= 4 is 11.2 Å². The Balaban J connectivity index is 2.75. The summed E-state index contributed by atoms with van der Waals surface area (Å²) in [4.78, 5) is 15.8. The molecule has 4 heteroatoms. The number of H-pyrrole nitrogens is 1. The second-order valence-corrected chi connectivity index (χ2v) is 3.43. The van der Waals surface area contributed by atoms with E-state index in [1.807, 2.05) is 6.92 Å². The molecule has 13 heavy (non-hydrogen) atoms. The van der Waals surface area contributed by atoms with E-state index in [1.165, 1.54) is 0 Å². The Morgan fingerprint density at radius 2 is 2.08 bits per heavy atom. The first-order valence-corrected chi connectivity index (χ1v) is 4.35. The quantitative estimate of drug-likeness (QED) is 0.720. The summed E-state index contributed by atoms with van der Waals surface area (Å²) in [5.41, 5.74) is 2.76. The molecule has 0 saturated carbocycles. The maximum absolute atomic E-state index is 4.25. The van der Waals surface area contributed by atoms with E-state index in [4.69, 9.17) is 0 Å². The molecule has 2 heterocycles. The van der Waals surface area contributed by atoms with Gasteiger partial charge in [0, 0.05) is 0 Å². The first-order chi connectivity index (χ1) is 6.18. The van der Waals surface area contributed by atoms with Crippen molar-refractivity contribution in [1.29, 1.82) is 0 Å². The summed E-state index contributed by atoms with van der Waals surface area (Å²) in [6, 6.07) is 0. The van der Waals surface area contributed by atoms with E-state index in [1.54, 1.807) is 6.33 Å². The average molecular weight is 176 g/mol. The molecule has 2 aromatic heterocycles. The second kappa shape index (κ2) is 2.80. The Hall–Kier alpha value is -1.45. The van der Waals surface area contributed by atoms with Gasteiger partial charge in [-0.25, -0.2) is 15.0 Å². The predicted molar refractivity (Wildman–Crippen MR) is 50.5 cm³/mol. The summed E-state index contributed by atoms with van der Waals surface area (Å²) in [7, 11) is 0. The molecule has 0 unspecified atom stereocenters. The van der Waals surface area contributed by atoms with Gasteiger partial charge in [0.1, 0.15) is 17.7 Å². The van der Waals surface area contributed by atoms with Gasteiger partial charge in [0.15, 0.2) is 5.65 Å². The molecule has 0 amide bonds. The normalized spacial score (nSPS) is 11.4. The summed E-state index contributed by atoms with van der Waals surface area (Å²) >= 11 is 0. The van der Waals surface area contributed by atoms with Crippen LogP contribution >= 0.6 is 0 Å². The van der Waals surface area contributed by atoms with Gasteiger partial charge in [-0.2, -0.15) is 0 Å². The molecule has 2 rings (SSSR count). The summed E-state index contributed by atoms with van der Waals surface area (Å²) in [6.45, 7) is 6.14. The lowest BCUT2D eigenvalue weighted by molar-refractivity contribution is 0.825. The molecule has 0 aliphatic heterocycles. The lowest BCUT2D eigenvalue weighted by Gasteiger charge is -2.02. The minimum Gasteiger partial charge on any atom is -0.339 e. The summed E-state index contributed by atoms with van der Waals surface area (Å²) in [5, 5.41) is 0. The number of hydrogen-bond donors (Lipinski definition) is 1. The van der Waals surface area contributed by atoms with Crippen molar-refractivity contribution in [2.75, 3.05) is 0 Å². The van der Waals surface area contributed by atoms with E-state index in [-0.39, 0.29) is 0 Å². The maximum atomic E-state index is 4.25. The Kier molecular flexibility index (Phi) is 1.76. The van der Waals surface area contributed by atoms with Crippen LogP contribution in [0, 0.1) is 6.92 Å². The number of nitrogens with zero attached hydrogens (tertiary/aromatic N) is 3. The van der Waals surface area contributed by atoms with E-state index in [0.717, 1.165) is 22.7 Å². The summed E-state index contributed by atoms with van der Waals surface area (Å²) in [6.07, 6.45) is 1.57. The number of fused-ring (bicyclic) bond motifs is 1. The third-order valence-corrected chi connectivity index (χ3v) is 1.98. The molecule has 4 nitrogen and oxygen atoms in total. The molecule has 0 aliphatic rings. The van der Waals surface area contributed by atoms with Crippen molar-refractivity contribution in [3.63, 3.8) is 0 Å². The molecule has 0 bridgehead atoms. The largest absolute Gasteiger partial charge is 0.339 e. The molecule has 1 N–H and O–H groups in total. The number of aryl methyl sites for hydroxylation is 1. The lowest BCUT2D eigenvalue weighted by atomic mass is 10.1. The SMILES string of the molecule is Cc1nc2ncnc(C(C)C)c2[nH]1. The van der Waals surface area contributed by atoms with Gasteiger partial charge in [-0.05, 0) is 12.8 Å². The van der Waals surface area contributed by atoms with Gasteiger partial charge >= 0.3 is 0 Å². The predicted octanol–water partition coefficient (Wildman–Crippen LogP) is 1.78. The van der Waals surface area contributed by atoms with E-state index in [2.05, 4.69) is 33.8 Å². The van der Waals surface area contributed by atoms with Gasteiger partial charge in [0.05, 0.1) is 5.69 Å². The van der Waals surface area contributed by atoms with Crippen molar-refractivity contribution in [2.24, 2.45) is 0 Å². The van der Waals surface area contributed by atoms with Crippen LogP contribution in [0.5, 0.6) is 0 Å². The smallest absolute Gasteiger partial charge is 0.181 e. The number of rotatable bonds is 1. The van der Waals surface area contributed by atoms with Crippen molar-refractivity contribution in [2.45, 2.75) is 26.7 Å². The molecule has 0 fully saturated rings. The number of imidazole rings is 1. The molecule has 0 saturated heterocycles. The summed E-state index contributed by atoms with van der Waals surface area (Å²) in [5.74, 6) is 1.28. The fourth-order valence-electron chi connectivity index (χ4n) is 1.40. The van der Waals surface area contributed by atoms with Crippen LogP contribution in [-0.2, 0) is 0 Å². The zero-order valence-electron chi connectivity index (χ0n) is 8.00. The summed E-state index contributed by atoms with van der Waals surface area (Å²) < 4.78 is 0. The van der Waals surface area contributed by atoms with Gasteiger partial charge in [-0.1, -0.05) is 13.8 Å². The van der Waals surface area contributed by atoms with Crippen molar-refractivity contribution in [3.8, 4) is 0 Å². The number of hydrogen-bond acceptors (Lipinski definition) is 3. The molecule has 0 radical (unpaired) electrons. The minimum atomic E-state index is 0.394. The fourth-order valence-corrected chi connectivity index (χ4v) is 1.40. The molecule has 0 aliphatic carbocycles. The van der Waals surface area contributed by atoms with Crippen molar-refractivity contribution in [1.82, 2.24) is 19.9 Å². The zero-order valence-corrected chi connectivity index (χ0v) is 8.00.